The molecule has 0 aromatic heterocycles. The van der Waals surface area contributed by atoms with Crippen LogP contribution in [-0.4, -0.2) is 15.0 Å². The molecule has 4 heteroatoms. The van der Waals surface area contributed by atoms with Gasteiger partial charge in [-0.05, 0) is 16.8 Å². The summed E-state index contributed by atoms with van der Waals surface area (Å²) in [6, 6.07) is 6.38. The summed E-state index contributed by atoms with van der Waals surface area (Å²) in [5.41, 5.74) is 2.75. The zero-order valence-electron chi connectivity index (χ0n) is 8.70. The molecule has 1 aliphatic rings. The van der Waals surface area contributed by atoms with Gasteiger partial charge in [0.05, 0.1) is 0 Å². The van der Waals surface area contributed by atoms with Gasteiger partial charge >= 0.3 is 26.2 Å². The Morgan fingerprint density at radius 2 is 1.73 bits per heavy atom. The van der Waals surface area contributed by atoms with E-state index in [2.05, 4.69) is 38.1 Å². The van der Waals surface area contributed by atoms with E-state index in [1.54, 1.807) is 0 Å². The molecule has 0 bridgehead atoms. The van der Waals surface area contributed by atoms with Crippen LogP contribution in [0.15, 0.2) is 18.2 Å². The van der Waals surface area contributed by atoms with Gasteiger partial charge in [0.2, 0.25) is 0 Å². The first-order valence-electron chi connectivity index (χ1n) is 4.10. The molecule has 0 saturated heterocycles. The van der Waals surface area contributed by atoms with Crippen LogP contribution in [0, 0.1) is 6.92 Å². The molecule has 0 atom stereocenters. The van der Waals surface area contributed by atoms with Crippen LogP contribution in [-0.2, 0) is 26.2 Å². The molecule has 0 nitrogen and oxygen atoms in total. The van der Waals surface area contributed by atoms with Crippen LogP contribution in [0.3, 0.4) is 0 Å². The van der Waals surface area contributed by atoms with Crippen molar-refractivity contribution in [3.05, 3.63) is 34.2 Å². The molecule has 0 N–H and O–H groups in total. The number of benzene rings is 1. The normalized spacial score (nSPS) is 11.6. The second kappa shape index (κ2) is 6.96. The Kier molecular flexibility index (Phi) is 8.30. The number of rotatable bonds is 0. The Morgan fingerprint density at radius 3 is 2.27 bits per heavy atom. The molecule has 0 aliphatic heterocycles. The fourth-order valence-electron chi connectivity index (χ4n) is 1.68. The summed E-state index contributed by atoms with van der Waals surface area (Å²) in [6.45, 7) is 4.33. The molecule has 77 valence electrons. The largest absolute Gasteiger partial charge is 3.00 e. The van der Waals surface area contributed by atoms with Gasteiger partial charge in [-0.3, -0.25) is 0 Å². The minimum Gasteiger partial charge on any atom is -1.00 e. The van der Waals surface area contributed by atoms with Crippen molar-refractivity contribution in [2.45, 2.75) is 13.8 Å². The predicted octanol–water partition coefficient (Wildman–Crippen LogP) is -6.35. The van der Waals surface area contributed by atoms with Crippen molar-refractivity contribution in [2.24, 2.45) is 0 Å². The van der Waals surface area contributed by atoms with Crippen molar-refractivity contribution in [2.75, 3.05) is 0 Å². The molecule has 15 heavy (non-hydrogen) atoms. The smallest absolute Gasteiger partial charge is 1.00 e. The summed E-state index contributed by atoms with van der Waals surface area (Å²) in [5.74, 6) is 0. The molecule has 0 fully saturated rings. The average Bonchev–Trinajstić information content (AvgIpc) is 2.29. The zero-order chi connectivity index (χ0) is 8.72. The fourth-order valence-corrected chi connectivity index (χ4v) is 2.04. The molecule has 0 heterocycles. The summed E-state index contributed by atoms with van der Waals surface area (Å²) >= 11 is 0. The van der Waals surface area contributed by atoms with Crippen LogP contribution in [0.2, 0.25) is 0 Å². The van der Waals surface area contributed by atoms with Gasteiger partial charge in [-0.2, -0.15) is 10.8 Å². The van der Waals surface area contributed by atoms with Crippen molar-refractivity contribution >= 4 is 26.7 Å². The quantitative estimate of drug-likeness (QED) is 0.327. The van der Waals surface area contributed by atoms with Crippen molar-refractivity contribution in [3.63, 3.8) is 0 Å². The molecule has 2 rings (SSSR count). The van der Waals surface area contributed by atoms with Gasteiger partial charge in [0.15, 0.2) is 0 Å². The van der Waals surface area contributed by atoms with Crippen LogP contribution in [0.5, 0.6) is 0 Å². The van der Waals surface area contributed by atoms with E-state index < -0.39 is 0 Å². The van der Waals surface area contributed by atoms with Crippen LogP contribution < -0.4 is 35.3 Å². The third-order valence-corrected chi connectivity index (χ3v) is 3.09. The van der Waals surface area contributed by atoms with Crippen molar-refractivity contribution in [1.82, 2.24) is 0 Å². The Bertz CT molecular complexity index is 480. The third-order valence-electron chi connectivity index (χ3n) is 2.39. The van der Waals surface area contributed by atoms with Gasteiger partial charge in [-0.1, -0.05) is 18.6 Å². The number of fused-ring (bicyclic) bond motifs is 1. The molecule has 0 unspecified atom stereocenters. The van der Waals surface area contributed by atoms with Gasteiger partial charge < -0.3 is 24.8 Å². The van der Waals surface area contributed by atoms with E-state index in [0.717, 1.165) is 0 Å². The van der Waals surface area contributed by atoms with E-state index in [-0.39, 0.29) is 51.0 Å². The third kappa shape index (κ3) is 3.23. The molecule has 1 radical (unpaired) electrons. The van der Waals surface area contributed by atoms with Crippen LogP contribution in [0.4, 0.5) is 0 Å². The van der Waals surface area contributed by atoms with Crippen molar-refractivity contribution in [1.29, 1.82) is 0 Å². The SMILES string of the molecule is CC1=c2c(C)cccc2=[C-]C1=[SiH2].[Cl-].[Cl-].[Zr+3]. The molecule has 1 aromatic carbocycles. The van der Waals surface area contributed by atoms with E-state index >= 15 is 0 Å². The van der Waals surface area contributed by atoms with E-state index in [4.69, 9.17) is 0 Å². The molecule has 1 aliphatic carbocycles. The van der Waals surface area contributed by atoms with E-state index in [1.807, 2.05) is 9.85 Å². The molecule has 0 saturated carbocycles. The first-order chi connectivity index (χ1) is 5.70. The predicted molar refractivity (Wildman–Crippen MR) is 56.5 cm³/mol. The Morgan fingerprint density at radius 1 is 1.13 bits per heavy atom. The van der Waals surface area contributed by atoms with Gasteiger partial charge in [0, 0.05) is 0 Å². The first kappa shape index (κ1) is 17.9. The molecular weight excluding hydrogens is 322 g/mol. The molecule has 1 aromatic rings. The molecule has 0 spiro atoms. The topological polar surface area (TPSA) is 0 Å². The molecular formula is C11H11Cl2SiZr. The van der Waals surface area contributed by atoms with E-state index in [9.17, 15) is 0 Å². The minimum absolute atomic E-state index is 0. The van der Waals surface area contributed by atoms with Gasteiger partial charge in [-0.15, -0.1) is 28.6 Å². The number of hydrogen-bond donors (Lipinski definition) is 0. The van der Waals surface area contributed by atoms with Gasteiger partial charge in [0.25, 0.3) is 0 Å². The monoisotopic (exact) mass is 331 g/mol. The van der Waals surface area contributed by atoms with Crippen molar-refractivity contribution < 1.29 is 51.0 Å². The second-order valence-electron chi connectivity index (χ2n) is 3.23. The molecule has 0 amide bonds. The fraction of sp³-hybridized carbons (Fsp3) is 0.182. The zero-order valence-corrected chi connectivity index (χ0v) is 14.1. The first-order valence-corrected chi connectivity index (χ1v) is 4.80. The van der Waals surface area contributed by atoms with Gasteiger partial charge in [0.1, 0.15) is 0 Å². The van der Waals surface area contributed by atoms with Crippen LogP contribution in [0.25, 0.3) is 11.6 Å². The summed E-state index contributed by atoms with van der Waals surface area (Å²) in [6.07, 6.45) is 3.38. The van der Waals surface area contributed by atoms with Gasteiger partial charge in [-0.25, -0.2) is 0 Å². The van der Waals surface area contributed by atoms with E-state index in [0.29, 0.717) is 0 Å². The number of halogens is 2. The second-order valence-corrected chi connectivity index (χ2v) is 3.93. The number of aryl methyl sites for hydroxylation is 1. The van der Waals surface area contributed by atoms with E-state index in [1.165, 1.54) is 26.7 Å². The Labute approximate surface area is 125 Å². The standard InChI is InChI=1S/C11H11Si.2ClH.Zr/c1-7-4-3-5-9-6-10(12)8(2)11(7)9;;;/h3-5H,12H2,1-2H3;2*1H;/q-1;;;+3/p-2. The van der Waals surface area contributed by atoms with Crippen LogP contribution >= 0.6 is 0 Å². The maximum absolute atomic E-state index is 3.38. The maximum Gasteiger partial charge on any atom is 3.00 e. The Balaban J connectivity index is 0. The van der Waals surface area contributed by atoms with Crippen molar-refractivity contribution in [3.8, 4) is 0 Å². The minimum atomic E-state index is 0. The van der Waals surface area contributed by atoms with Crippen LogP contribution in [0.1, 0.15) is 12.5 Å². The summed E-state index contributed by atoms with van der Waals surface area (Å²) in [7, 11) is 1.92. The summed E-state index contributed by atoms with van der Waals surface area (Å²) in [5, 5.41) is 3.96. The maximum atomic E-state index is 3.38. The average molecular weight is 333 g/mol. The Hall–Kier alpha value is 0.510. The summed E-state index contributed by atoms with van der Waals surface area (Å²) < 4.78 is 0. The number of hydrogen-bond acceptors (Lipinski definition) is 0. The summed E-state index contributed by atoms with van der Waals surface area (Å²) in [4.78, 5) is 0.